The fourth-order valence-corrected chi connectivity index (χ4v) is 4.18. The zero-order valence-electron chi connectivity index (χ0n) is 22.0. The fourth-order valence-electron chi connectivity index (χ4n) is 4.18. The maximum atomic E-state index is 12.9. The molecule has 4 rings (SSSR count). The third-order valence-electron chi connectivity index (χ3n) is 6.29. The lowest BCUT2D eigenvalue weighted by Gasteiger charge is -2.29. The normalized spacial score (nSPS) is 13.5. The topological polar surface area (TPSA) is 103 Å². The molecule has 1 aliphatic heterocycles. The minimum absolute atomic E-state index is 0.0235. The van der Waals surface area contributed by atoms with Gasteiger partial charge < -0.3 is 30.3 Å². The first-order valence-corrected chi connectivity index (χ1v) is 12.6. The van der Waals surface area contributed by atoms with Crippen LogP contribution in [0.3, 0.4) is 0 Å². The molecule has 0 radical (unpaired) electrons. The number of rotatable bonds is 9. The molecule has 0 aliphatic carbocycles. The van der Waals surface area contributed by atoms with E-state index in [9.17, 15) is 9.90 Å². The van der Waals surface area contributed by atoms with Crippen LogP contribution in [0.25, 0.3) is 0 Å². The van der Waals surface area contributed by atoms with E-state index in [1.165, 1.54) is 0 Å². The number of hydrogen-bond acceptors (Lipinski definition) is 8. The van der Waals surface area contributed by atoms with E-state index in [4.69, 9.17) is 9.72 Å². The van der Waals surface area contributed by atoms with Crippen LogP contribution in [-0.4, -0.2) is 60.9 Å². The van der Waals surface area contributed by atoms with Gasteiger partial charge >= 0.3 is 0 Å². The highest BCUT2D eigenvalue weighted by molar-refractivity contribution is 5.96. The molecule has 0 bridgehead atoms. The van der Waals surface area contributed by atoms with Crippen molar-refractivity contribution in [1.29, 1.82) is 0 Å². The lowest BCUT2D eigenvalue weighted by atomic mass is 10.1. The van der Waals surface area contributed by atoms with Crippen LogP contribution in [0.2, 0.25) is 0 Å². The Kier molecular flexibility index (Phi) is 8.58. The van der Waals surface area contributed by atoms with Gasteiger partial charge in [-0.3, -0.25) is 4.79 Å². The lowest BCUT2D eigenvalue weighted by Crippen LogP contribution is -2.36. The molecule has 3 aromatic rings. The zero-order valence-corrected chi connectivity index (χ0v) is 22.0. The largest absolute Gasteiger partial charge is 0.392 e. The average molecular weight is 505 g/mol. The van der Waals surface area contributed by atoms with Crippen molar-refractivity contribution in [3.05, 3.63) is 65.4 Å². The summed E-state index contributed by atoms with van der Waals surface area (Å²) in [6, 6.07) is 13.5. The highest BCUT2D eigenvalue weighted by atomic mass is 16.5. The Labute approximate surface area is 218 Å². The van der Waals surface area contributed by atoms with E-state index in [0.717, 1.165) is 41.3 Å². The number of amides is 1. The number of aryl methyl sites for hydroxylation is 1. The molecule has 2 aromatic carbocycles. The van der Waals surface area contributed by atoms with Gasteiger partial charge in [0.25, 0.3) is 5.91 Å². The SMILES string of the molecule is Cc1ccc(CO)cc1N(C)c1ccnc(Nc2cc(C(=O)NCC(C)C)cc(N3CCOCC3)c2)n1. The Bertz CT molecular complexity index is 1230. The quantitative estimate of drug-likeness (QED) is 0.402. The third-order valence-corrected chi connectivity index (χ3v) is 6.29. The third kappa shape index (κ3) is 6.75. The van der Waals surface area contributed by atoms with Crippen LogP contribution in [-0.2, 0) is 11.3 Å². The highest BCUT2D eigenvalue weighted by Crippen LogP contribution is 2.29. The molecule has 0 saturated carbocycles. The number of ether oxygens (including phenoxy) is 1. The number of carbonyl (C=O) groups excluding carboxylic acids is 1. The number of carbonyl (C=O) groups is 1. The van der Waals surface area contributed by atoms with Gasteiger partial charge in [0.2, 0.25) is 5.95 Å². The van der Waals surface area contributed by atoms with Crippen LogP contribution in [0.4, 0.5) is 28.8 Å². The summed E-state index contributed by atoms with van der Waals surface area (Å²) in [4.78, 5) is 26.3. The van der Waals surface area contributed by atoms with Gasteiger partial charge in [0.1, 0.15) is 5.82 Å². The second kappa shape index (κ2) is 12.0. The Balaban J connectivity index is 1.61. The number of aliphatic hydroxyl groups excluding tert-OH is 1. The molecular formula is C28H36N6O3. The van der Waals surface area contributed by atoms with E-state index in [1.807, 2.05) is 61.3 Å². The predicted octanol–water partition coefficient (Wildman–Crippen LogP) is 4.01. The number of nitrogens with one attached hydrogen (secondary N) is 2. The van der Waals surface area contributed by atoms with E-state index in [0.29, 0.717) is 43.0 Å². The number of morpholine rings is 1. The van der Waals surface area contributed by atoms with Crippen LogP contribution in [0.5, 0.6) is 0 Å². The van der Waals surface area contributed by atoms with Crippen molar-refractivity contribution < 1.29 is 14.6 Å². The van der Waals surface area contributed by atoms with Crippen LogP contribution in [0, 0.1) is 12.8 Å². The van der Waals surface area contributed by atoms with Crippen molar-refractivity contribution in [2.45, 2.75) is 27.4 Å². The Hall–Kier alpha value is -3.69. The highest BCUT2D eigenvalue weighted by Gasteiger charge is 2.17. The van der Waals surface area contributed by atoms with E-state index in [1.54, 1.807) is 6.20 Å². The summed E-state index contributed by atoms with van der Waals surface area (Å²) < 4.78 is 5.51. The molecule has 37 heavy (non-hydrogen) atoms. The van der Waals surface area contributed by atoms with Gasteiger partial charge in [-0.05, 0) is 54.3 Å². The maximum Gasteiger partial charge on any atom is 0.251 e. The molecule has 1 fully saturated rings. The molecule has 9 heteroatoms. The molecule has 9 nitrogen and oxygen atoms in total. The molecule has 1 saturated heterocycles. The summed E-state index contributed by atoms with van der Waals surface area (Å²) in [5, 5.41) is 15.9. The summed E-state index contributed by atoms with van der Waals surface area (Å²) in [5.41, 5.74) is 5.13. The maximum absolute atomic E-state index is 12.9. The molecule has 1 amide bonds. The standard InChI is InChI=1S/C28H36N6O3/c1-19(2)17-30-27(36)22-14-23(16-24(15-22)34-9-11-37-12-10-34)31-28-29-8-7-26(32-28)33(4)25-13-21(18-35)6-5-20(25)3/h5-8,13-16,19,35H,9-12,17-18H2,1-4H3,(H,30,36)(H,29,31,32). The number of aliphatic hydroxyl groups is 1. The van der Waals surface area contributed by atoms with Crippen molar-refractivity contribution in [2.24, 2.45) is 5.92 Å². The molecule has 2 heterocycles. The second-order valence-electron chi connectivity index (χ2n) is 9.67. The minimum Gasteiger partial charge on any atom is -0.392 e. The van der Waals surface area contributed by atoms with E-state index >= 15 is 0 Å². The van der Waals surface area contributed by atoms with Crippen LogP contribution in [0.15, 0.2) is 48.7 Å². The van der Waals surface area contributed by atoms with Crippen molar-refractivity contribution in [3.8, 4) is 0 Å². The van der Waals surface area contributed by atoms with Gasteiger partial charge in [0.15, 0.2) is 0 Å². The van der Waals surface area contributed by atoms with E-state index in [2.05, 4.69) is 34.4 Å². The van der Waals surface area contributed by atoms with Crippen LogP contribution in [0.1, 0.15) is 35.3 Å². The molecule has 1 aliphatic rings. The van der Waals surface area contributed by atoms with Gasteiger partial charge in [-0.1, -0.05) is 26.0 Å². The Morgan fingerprint density at radius 2 is 1.95 bits per heavy atom. The number of anilines is 5. The van der Waals surface area contributed by atoms with Crippen LogP contribution >= 0.6 is 0 Å². The summed E-state index contributed by atoms with van der Waals surface area (Å²) in [6.45, 7) is 9.58. The first kappa shape index (κ1) is 26.4. The monoisotopic (exact) mass is 504 g/mol. The van der Waals surface area contributed by atoms with Crippen molar-refractivity contribution in [3.63, 3.8) is 0 Å². The molecule has 0 spiro atoms. The van der Waals surface area contributed by atoms with Gasteiger partial charge in [-0.15, -0.1) is 0 Å². The van der Waals surface area contributed by atoms with Crippen molar-refractivity contribution in [2.75, 3.05) is 55.0 Å². The number of aromatic nitrogens is 2. The minimum atomic E-state index is -0.111. The summed E-state index contributed by atoms with van der Waals surface area (Å²) in [7, 11) is 1.94. The molecular weight excluding hydrogens is 468 g/mol. The molecule has 0 unspecified atom stereocenters. The molecule has 0 atom stereocenters. The van der Waals surface area contributed by atoms with Gasteiger partial charge in [-0.25, -0.2) is 4.98 Å². The lowest BCUT2D eigenvalue weighted by molar-refractivity contribution is 0.0949. The average Bonchev–Trinajstić information content (AvgIpc) is 2.92. The van der Waals surface area contributed by atoms with Crippen molar-refractivity contribution >= 4 is 34.7 Å². The van der Waals surface area contributed by atoms with Gasteiger partial charge in [0.05, 0.1) is 19.8 Å². The zero-order chi connectivity index (χ0) is 26.4. The summed E-state index contributed by atoms with van der Waals surface area (Å²) in [5.74, 6) is 1.38. The molecule has 3 N–H and O–H groups in total. The first-order valence-electron chi connectivity index (χ1n) is 12.6. The Morgan fingerprint density at radius 3 is 2.68 bits per heavy atom. The van der Waals surface area contributed by atoms with E-state index in [-0.39, 0.29) is 12.5 Å². The number of nitrogens with zero attached hydrogens (tertiary/aromatic N) is 4. The van der Waals surface area contributed by atoms with Crippen LogP contribution < -0.4 is 20.4 Å². The second-order valence-corrected chi connectivity index (χ2v) is 9.67. The summed E-state index contributed by atoms with van der Waals surface area (Å²) in [6.07, 6.45) is 1.70. The first-order chi connectivity index (χ1) is 17.8. The number of hydrogen-bond donors (Lipinski definition) is 3. The smallest absolute Gasteiger partial charge is 0.251 e. The Morgan fingerprint density at radius 1 is 1.16 bits per heavy atom. The van der Waals surface area contributed by atoms with Gasteiger partial charge in [-0.2, -0.15) is 4.98 Å². The van der Waals surface area contributed by atoms with E-state index < -0.39 is 0 Å². The summed E-state index contributed by atoms with van der Waals surface area (Å²) >= 11 is 0. The predicted molar refractivity (Wildman–Crippen MR) is 147 cm³/mol. The van der Waals surface area contributed by atoms with Crippen molar-refractivity contribution in [1.82, 2.24) is 15.3 Å². The molecule has 196 valence electrons. The fraction of sp³-hybridized carbons (Fsp3) is 0.393. The molecule has 1 aromatic heterocycles. The number of benzene rings is 2. The van der Waals surface area contributed by atoms with Gasteiger partial charge in [0, 0.05) is 55.5 Å².